The molecule has 6 nitrogen and oxygen atoms in total. The number of methoxy groups -OCH3 is 2. The number of amides is 1. The van der Waals surface area contributed by atoms with Crippen LogP contribution in [0.25, 0.3) is 0 Å². The van der Waals surface area contributed by atoms with Crippen LogP contribution < -0.4 is 20.1 Å². The van der Waals surface area contributed by atoms with Crippen molar-refractivity contribution in [1.29, 1.82) is 0 Å². The summed E-state index contributed by atoms with van der Waals surface area (Å²) in [6.07, 6.45) is 4.56. The molecule has 1 aliphatic rings. The lowest BCUT2D eigenvalue weighted by Gasteiger charge is -2.33. The number of halogens is 1. The number of rotatable bonds is 10. The van der Waals surface area contributed by atoms with Gasteiger partial charge in [-0.3, -0.25) is 9.18 Å². The summed E-state index contributed by atoms with van der Waals surface area (Å²) in [6, 6.07) is 11.7. The van der Waals surface area contributed by atoms with Crippen molar-refractivity contribution in [3.63, 3.8) is 0 Å². The van der Waals surface area contributed by atoms with Gasteiger partial charge in [-0.2, -0.15) is 0 Å². The maximum atomic E-state index is 13.1. The summed E-state index contributed by atoms with van der Waals surface area (Å²) in [4.78, 5) is 13.1. The van der Waals surface area contributed by atoms with Gasteiger partial charge in [-0.25, -0.2) is 0 Å². The molecule has 198 valence electrons. The second-order valence-corrected chi connectivity index (χ2v) is 10.3. The SMILES string of the molecule is COc1cc(NCCCF)cc(OC)c1NC(=O)c1ccc(Cc2cc3c(cc2C)CCCC3(C)C)o1. The summed E-state index contributed by atoms with van der Waals surface area (Å²) >= 11 is 0. The van der Waals surface area contributed by atoms with Gasteiger partial charge in [-0.1, -0.05) is 26.0 Å². The lowest BCUT2D eigenvalue weighted by molar-refractivity contribution is 0.0994. The third-order valence-corrected chi connectivity index (χ3v) is 7.17. The van der Waals surface area contributed by atoms with Crippen molar-refractivity contribution in [3.8, 4) is 11.5 Å². The molecule has 2 aromatic carbocycles. The van der Waals surface area contributed by atoms with Gasteiger partial charge in [0.25, 0.3) is 5.91 Å². The van der Waals surface area contributed by atoms with E-state index >= 15 is 0 Å². The number of nitrogens with one attached hydrogen (secondary N) is 2. The third kappa shape index (κ3) is 5.92. The summed E-state index contributed by atoms with van der Waals surface area (Å²) in [5, 5.41) is 5.99. The number of hydrogen-bond donors (Lipinski definition) is 2. The van der Waals surface area contributed by atoms with Gasteiger partial charge in [-0.15, -0.1) is 0 Å². The Balaban J connectivity index is 1.52. The first kappa shape index (κ1) is 26.6. The van der Waals surface area contributed by atoms with Gasteiger partial charge in [0.1, 0.15) is 22.9 Å². The Bertz CT molecular complexity index is 1240. The Morgan fingerprint density at radius 1 is 1.11 bits per heavy atom. The highest BCUT2D eigenvalue weighted by atomic mass is 19.1. The normalized spacial score (nSPS) is 14.1. The number of fused-ring (bicyclic) bond motifs is 1. The van der Waals surface area contributed by atoms with E-state index in [1.807, 2.05) is 6.07 Å². The van der Waals surface area contributed by atoms with Crippen molar-refractivity contribution in [2.24, 2.45) is 0 Å². The Morgan fingerprint density at radius 3 is 2.51 bits per heavy atom. The molecule has 1 aliphatic carbocycles. The molecule has 0 fully saturated rings. The van der Waals surface area contributed by atoms with Crippen LogP contribution in [-0.2, 0) is 18.3 Å². The van der Waals surface area contributed by atoms with Gasteiger partial charge < -0.3 is 24.5 Å². The smallest absolute Gasteiger partial charge is 0.291 e. The van der Waals surface area contributed by atoms with Crippen LogP contribution >= 0.6 is 0 Å². The fourth-order valence-corrected chi connectivity index (χ4v) is 5.09. The number of ether oxygens (including phenoxy) is 2. The lowest BCUT2D eigenvalue weighted by atomic mass is 9.71. The van der Waals surface area contributed by atoms with E-state index < -0.39 is 12.6 Å². The molecule has 2 N–H and O–H groups in total. The minimum atomic E-state index is -0.399. The maximum absolute atomic E-state index is 13.1. The second-order valence-electron chi connectivity index (χ2n) is 10.3. The number of benzene rings is 2. The van der Waals surface area contributed by atoms with E-state index in [1.54, 1.807) is 18.2 Å². The summed E-state index contributed by atoms with van der Waals surface area (Å²) in [5.41, 5.74) is 6.61. The molecular formula is C30H37FN2O4. The molecule has 1 heterocycles. The number of carbonyl (C=O) groups excluding carboxylic acids is 1. The van der Waals surface area contributed by atoms with E-state index in [9.17, 15) is 9.18 Å². The third-order valence-electron chi connectivity index (χ3n) is 7.17. The Morgan fingerprint density at radius 2 is 1.84 bits per heavy atom. The predicted molar refractivity (Wildman–Crippen MR) is 145 cm³/mol. The largest absolute Gasteiger partial charge is 0.494 e. The van der Waals surface area contributed by atoms with E-state index in [4.69, 9.17) is 13.9 Å². The fraction of sp³-hybridized carbons (Fsp3) is 0.433. The zero-order valence-corrected chi connectivity index (χ0v) is 22.4. The molecular weight excluding hydrogens is 471 g/mol. The molecule has 0 atom stereocenters. The average molecular weight is 509 g/mol. The Hall–Kier alpha value is -3.48. The summed E-state index contributed by atoms with van der Waals surface area (Å²) in [7, 11) is 3.03. The number of anilines is 2. The van der Waals surface area contributed by atoms with E-state index in [-0.39, 0.29) is 11.2 Å². The fourth-order valence-electron chi connectivity index (χ4n) is 5.09. The highest BCUT2D eigenvalue weighted by Gasteiger charge is 2.28. The van der Waals surface area contributed by atoms with Crippen LogP contribution in [0.15, 0.2) is 40.8 Å². The number of carbonyl (C=O) groups is 1. The molecule has 0 bridgehead atoms. The standard InChI is InChI=1S/C30H37FN2O4/c1-19-14-20-8-6-11-30(2,3)24(20)16-21(19)15-23-9-10-25(37-23)29(34)33-28-26(35-4)17-22(18-27(28)36-5)32-13-7-12-31/h9-10,14,16-18,32H,6-8,11-13,15H2,1-5H3,(H,33,34). The lowest BCUT2D eigenvalue weighted by Crippen LogP contribution is -2.24. The summed E-state index contributed by atoms with van der Waals surface area (Å²) < 4.78 is 29.4. The van der Waals surface area contributed by atoms with Gasteiger partial charge in [0.2, 0.25) is 0 Å². The number of aryl methyl sites for hydroxylation is 2. The van der Waals surface area contributed by atoms with Crippen LogP contribution in [0.5, 0.6) is 11.5 Å². The van der Waals surface area contributed by atoms with Gasteiger partial charge in [0.15, 0.2) is 5.76 Å². The van der Waals surface area contributed by atoms with Crippen molar-refractivity contribution in [2.45, 2.75) is 58.3 Å². The second kappa shape index (κ2) is 11.3. The number of alkyl halides is 1. The van der Waals surface area contributed by atoms with Crippen molar-refractivity contribution in [3.05, 3.63) is 70.2 Å². The minimum Gasteiger partial charge on any atom is -0.494 e. The van der Waals surface area contributed by atoms with Crippen LogP contribution in [0.1, 0.15) is 71.7 Å². The van der Waals surface area contributed by atoms with E-state index in [2.05, 4.69) is 43.5 Å². The first-order valence-corrected chi connectivity index (χ1v) is 12.8. The topological polar surface area (TPSA) is 72.7 Å². The molecule has 0 saturated heterocycles. The summed E-state index contributed by atoms with van der Waals surface area (Å²) in [6.45, 7) is 6.85. The average Bonchev–Trinajstić information content (AvgIpc) is 3.34. The molecule has 0 spiro atoms. The van der Waals surface area contributed by atoms with Crippen LogP contribution in [0.4, 0.5) is 15.8 Å². The molecule has 0 unspecified atom stereocenters. The molecule has 3 aromatic rings. The van der Waals surface area contributed by atoms with Crippen molar-refractivity contribution in [2.75, 3.05) is 38.1 Å². The van der Waals surface area contributed by atoms with E-state index in [0.717, 1.165) is 12.2 Å². The quantitative estimate of drug-likeness (QED) is 0.294. The first-order chi connectivity index (χ1) is 17.7. The molecule has 7 heteroatoms. The highest BCUT2D eigenvalue weighted by molar-refractivity contribution is 6.04. The molecule has 4 rings (SSSR count). The van der Waals surface area contributed by atoms with Gasteiger partial charge >= 0.3 is 0 Å². The summed E-state index contributed by atoms with van der Waals surface area (Å²) in [5.74, 6) is 1.39. The Kier molecular flexibility index (Phi) is 8.10. The van der Waals surface area contributed by atoms with Crippen LogP contribution in [0.2, 0.25) is 0 Å². The monoisotopic (exact) mass is 508 g/mol. The van der Waals surface area contributed by atoms with Gasteiger partial charge in [0, 0.05) is 30.8 Å². The van der Waals surface area contributed by atoms with Crippen molar-refractivity contribution in [1.82, 2.24) is 0 Å². The molecule has 37 heavy (non-hydrogen) atoms. The minimum absolute atomic E-state index is 0.167. The van der Waals surface area contributed by atoms with Crippen molar-refractivity contribution >= 4 is 17.3 Å². The van der Waals surface area contributed by atoms with Crippen molar-refractivity contribution < 1.29 is 23.1 Å². The van der Waals surface area contributed by atoms with Crippen LogP contribution in [0.3, 0.4) is 0 Å². The van der Waals surface area contributed by atoms with E-state index in [0.29, 0.717) is 42.3 Å². The maximum Gasteiger partial charge on any atom is 0.291 e. The number of furan rings is 1. The molecule has 0 radical (unpaired) electrons. The first-order valence-electron chi connectivity index (χ1n) is 12.8. The van der Waals surface area contributed by atoms with Crippen LogP contribution in [-0.4, -0.2) is 33.3 Å². The van der Waals surface area contributed by atoms with E-state index in [1.165, 1.54) is 49.3 Å². The van der Waals surface area contributed by atoms with Crippen LogP contribution in [0, 0.1) is 6.92 Å². The van der Waals surface area contributed by atoms with Gasteiger partial charge in [0.05, 0.1) is 20.9 Å². The Labute approximate surface area is 218 Å². The zero-order valence-electron chi connectivity index (χ0n) is 22.4. The van der Waals surface area contributed by atoms with Gasteiger partial charge in [-0.05, 0) is 72.4 Å². The highest BCUT2D eigenvalue weighted by Crippen LogP contribution is 2.39. The molecule has 1 amide bonds. The molecule has 1 aromatic heterocycles. The number of hydrogen-bond acceptors (Lipinski definition) is 5. The molecule has 0 saturated carbocycles. The molecule has 0 aliphatic heterocycles. The predicted octanol–water partition coefficient (Wildman–Crippen LogP) is 6.83. The zero-order chi connectivity index (χ0) is 26.6.